The number of thioether (sulfide) groups is 1. The van der Waals surface area contributed by atoms with Crippen molar-refractivity contribution in [3.8, 4) is 0 Å². The molecule has 0 amide bonds. The largest absolute Gasteiger partial charge is 0.362 e. The van der Waals surface area contributed by atoms with Crippen molar-refractivity contribution in [1.29, 1.82) is 0 Å². The molecular weight excluding hydrogens is 240 g/mol. The number of hydrogen-bond acceptors (Lipinski definition) is 3. The van der Waals surface area contributed by atoms with E-state index in [0.717, 1.165) is 11.8 Å². The van der Waals surface area contributed by atoms with Crippen LogP contribution in [0, 0.1) is 11.8 Å². The summed E-state index contributed by atoms with van der Waals surface area (Å²) in [5, 5.41) is 4.99. The summed E-state index contributed by atoms with van der Waals surface area (Å²) in [5.74, 6) is 3.12. The summed E-state index contributed by atoms with van der Waals surface area (Å²) in [6, 6.07) is 1.35. The standard InChI is InChI=1S/C15H26N2S/c1-11-6-8-13(9-7-11)16-15-17-14-5-3-2-4-12(14)10-18-15/h11-14H,2-10H2,1H3,(H,16,17). The maximum atomic E-state index is 4.99. The van der Waals surface area contributed by atoms with Gasteiger partial charge >= 0.3 is 0 Å². The Labute approximate surface area is 115 Å². The summed E-state index contributed by atoms with van der Waals surface area (Å²) in [6.45, 7) is 2.38. The summed E-state index contributed by atoms with van der Waals surface area (Å²) in [4.78, 5) is 4.99. The van der Waals surface area contributed by atoms with Crippen LogP contribution >= 0.6 is 11.8 Å². The molecule has 0 aromatic carbocycles. The average Bonchev–Trinajstić information content (AvgIpc) is 2.41. The lowest BCUT2D eigenvalue weighted by atomic mass is 9.86. The van der Waals surface area contributed by atoms with Crippen molar-refractivity contribution in [2.24, 2.45) is 16.8 Å². The van der Waals surface area contributed by atoms with E-state index < -0.39 is 0 Å². The maximum absolute atomic E-state index is 4.99. The number of nitrogens with zero attached hydrogens (tertiary/aromatic N) is 1. The SMILES string of the molecule is CC1CCC(NC2=NC3CCCCC3CS2)CC1. The van der Waals surface area contributed by atoms with Gasteiger partial charge in [0.2, 0.25) is 0 Å². The third kappa shape index (κ3) is 3.04. The van der Waals surface area contributed by atoms with Crippen LogP contribution in [0.1, 0.15) is 58.3 Å². The second-order valence-corrected chi connectivity index (χ2v) is 7.47. The van der Waals surface area contributed by atoms with Crippen molar-refractivity contribution in [1.82, 2.24) is 5.32 Å². The monoisotopic (exact) mass is 266 g/mol. The average molecular weight is 266 g/mol. The van der Waals surface area contributed by atoms with Gasteiger partial charge in [-0.25, -0.2) is 0 Å². The van der Waals surface area contributed by atoms with Gasteiger partial charge in [0.1, 0.15) is 0 Å². The fourth-order valence-corrected chi connectivity index (χ4v) is 4.80. The lowest BCUT2D eigenvalue weighted by Crippen LogP contribution is -2.40. The zero-order chi connectivity index (χ0) is 12.4. The Kier molecular flexibility index (Phi) is 4.17. The molecule has 3 aliphatic rings. The third-order valence-electron chi connectivity index (χ3n) is 4.93. The molecule has 0 aromatic rings. The Morgan fingerprint density at radius 1 is 1.06 bits per heavy atom. The number of nitrogens with one attached hydrogen (secondary N) is 1. The highest BCUT2D eigenvalue weighted by molar-refractivity contribution is 8.13. The van der Waals surface area contributed by atoms with Gasteiger partial charge in [0.05, 0.1) is 6.04 Å². The minimum Gasteiger partial charge on any atom is -0.362 e. The van der Waals surface area contributed by atoms with Gasteiger partial charge in [-0.1, -0.05) is 31.5 Å². The molecule has 2 atom stereocenters. The molecule has 3 rings (SSSR count). The van der Waals surface area contributed by atoms with E-state index in [4.69, 9.17) is 4.99 Å². The molecule has 2 unspecified atom stereocenters. The van der Waals surface area contributed by atoms with Crippen LogP contribution in [0.2, 0.25) is 0 Å². The number of rotatable bonds is 1. The smallest absolute Gasteiger partial charge is 0.157 e. The van der Waals surface area contributed by atoms with Gasteiger partial charge in [-0.15, -0.1) is 0 Å². The minimum atomic E-state index is 0.644. The van der Waals surface area contributed by atoms with Crippen LogP contribution in [0.4, 0.5) is 0 Å². The topological polar surface area (TPSA) is 24.4 Å². The summed E-state index contributed by atoms with van der Waals surface area (Å²) < 4.78 is 0. The molecule has 0 saturated heterocycles. The number of amidine groups is 1. The Bertz CT molecular complexity index is 308. The summed E-state index contributed by atoms with van der Waals surface area (Å²) in [5.41, 5.74) is 0. The van der Waals surface area contributed by atoms with Crippen molar-refractivity contribution in [3.63, 3.8) is 0 Å². The summed E-state index contributed by atoms with van der Waals surface area (Å²) >= 11 is 1.98. The first-order valence-electron chi connectivity index (χ1n) is 7.78. The highest BCUT2D eigenvalue weighted by Gasteiger charge is 2.30. The Balaban J connectivity index is 1.55. The van der Waals surface area contributed by atoms with E-state index in [1.165, 1.54) is 62.3 Å². The predicted octanol–water partition coefficient (Wildman–Crippen LogP) is 3.82. The molecule has 0 radical (unpaired) electrons. The molecule has 18 heavy (non-hydrogen) atoms. The zero-order valence-corrected chi connectivity index (χ0v) is 12.3. The third-order valence-corrected chi connectivity index (χ3v) is 6.02. The first-order valence-corrected chi connectivity index (χ1v) is 8.77. The van der Waals surface area contributed by atoms with Gasteiger partial charge in [-0.3, -0.25) is 4.99 Å². The van der Waals surface area contributed by atoms with Crippen LogP contribution < -0.4 is 5.32 Å². The van der Waals surface area contributed by atoms with Crippen LogP contribution in [0.15, 0.2) is 4.99 Å². The number of hydrogen-bond donors (Lipinski definition) is 1. The van der Waals surface area contributed by atoms with Gasteiger partial charge in [-0.05, 0) is 50.4 Å². The molecule has 2 nitrogen and oxygen atoms in total. The number of fused-ring (bicyclic) bond motifs is 1. The first kappa shape index (κ1) is 12.8. The normalized spacial score (nSPS) is 40.8. The maximum Gasteiger partial charge on any atom is 0.157 e. The van der Waals surface area contributed by atoms with Crippen molar-refractivity contribution < 1.29 is 0 Å². The molecule has 3 heteroatoms. The lowest BCUT2D eigenvalue weighted by Gasteiger charge is -2.35. The van der Waals surface area contributed by atoms with E-state index in [2.05, 4.69) is 12.2 Å². The highest BCUT2D eigenvalue weighted by atomic mass is 32.2. The van der Waals surface area contributed by atoms with Gasteiger partial charge in [0.15, 0.2) is 5.17 Å². The van der Waals surface area contributed by atoms with Crippen LogP contribution in [0.5, 0.6) is 0 Å². The molecule has 0 bridgehead atoms. The fourth-order valence-electron chi connectivity index (χ4n) is 3.58. The van der Waals surface area contributed by atoms with Gasteiger partial charge in [-0.2, -0.15) is 0 Å². The Morgan fingerprint density at radius 3 is 2.67 bits per heavy atom. The van der Waals surface area contributed by atoms with Crippen LogP contribution in [-0.2, 0) is 0 Å². The van der Waals surface area contributed by atoms with E-state index in [9.17, 15) is 0 Å². The predicted molar refractivity (Wildman–Crippen MR) is 80.2 cm³/mol. The summed E-state index contributed by atoms with van der Waals surface area (Å²) in [6.07, 6.45) is 11.0. The number of aliphatic imine (C=N–C) groups is 1. The van der Waals surface area contributed by atoms with E-state index in [1.54, 1.807) is 0 Å². The first-order chi connectivity index (χ1) is 8.81. The molecule has 2 fully saturated rings. The molecule has 0 spiro atoms. The zero-order valence-electron chi connectivity index (χ0n) is 11.5. The van der Waals surface area contributed by atoms with Crippen LogP contribution in [0.3, 0.4) is 0 Å². The molecule has 102 valence electrons. The molecule has 1 heterocycles. The van der Waals surface area contributed by atoms with Crippen LogP contribution in [-0.4, -0.2) is 23.0 Å². The van der Waals surface area contributed by atoms with E-state index in [0.29, 0.717) is 12.1 Å². The molecule has 1 aliphatic heterocycles. The Morgan fingerprint density at radius 2 is 1.83 bits per heavy atom. The molecule has 2 saturated carbocycles. The molecular formula is C15H26N2S. The van der Waals surface area contributed by atoms with E-state index >= 15 is 0 Å². The Hall–Kier alpha value is -0.180. The van der Waals surface area contributed by atoms with Crippen molar-refractivity contribution in [3.05, 3.63) is 0 Å². The van der Waals surface area contributed by atoms with Gasteiger partial charge < -0.3 is 5.32 Å². The van der Waals surface area contributed by atoms with Crippen molar-refractivity contribution in [2.75, 3.05) is 5.75 Å². The fraction of sp³-hybridized carbons (Fsp3) is 0.933. The second kappa shape index (κ2) is 5.85. The molecule has 2 aliphatic carbocycles. The van der Waals surface area contributed by atoms with Crippen molar-refractivity contribution in [2.45, 2.75) is 70.4 Å². The summed E-state index contributed by atoms with van der Waals surface area (Å²) in [7, 11) is 0. The highest BCUT2D eigenvalue weighted by Crippen LogP contribution is 2.34. The second-order valence-electron chi connectivity index (χ2n) is 6.46. The molecule has 1 N–H and O–H groups in total. The van der Waals surface area contributed by atoms with Gasteiger partial charge in [0, 0.05) is 11.8 Å². The quantitative estimate of drug-likeness (QED) is 0.780. The van der Waals surface area contributed by atoms with E-state index in [-0.39, 0.29) is 0 Å². The van der Waals surface area contributed by atoms with E-state index in [1.807, 2.05) is 11.8 Å². The van der Waals surface area contributed by atoms with Crippen molar-refractivity contribution >= 4 is 16.9 Å². The minimum absolute atomic E-state index is 0.644. The van der Waals surface area contributed by atoms with Gasteiger partial charge in [0.25, 0.3) is 0 Å². The lowest BCUT2D eigenvalue weighted by molar-refractivity contribution is 0.323. The molecule has 0 aromatic heterocycles. The van der Waals surface area contributed by atoms with Crippen LogP contribution in [0.25, 0.3) is 0 Å².